The Bertz CT molecular complexity index is 554. The summed E-state index contributed by atoms with van der Waals surface area (Å²) < 4.78 is 0. The minimum absolute atomic E-state index is 0.493. The minimum Gasteiger partial charge on any atom is -0.310 e. The molecule has 2 aromatic rings. The molecule has 2 atom stereocenters. The zero-order chi connectivity index (χ0) is 14.7. The predicted octanol–water partition coefficient (Wildman–Crippen LogP) is 5.05. The zero-order valence-electron chi connectivity index (χ0n) is 13.0. The van der Waals surface area contributed by atoms with E-state index in [2.05, 4.69) is 73.8 Å². The fraction of sp³-hybridized carbons (Fsp3) is 0.400. The third kappa shape index (κ3) is 3.36. The van der Waals surface area contributed by atoms with Crippen LogP contribution in [0.25, 0.3) is 11.1 Å². The van der Waals surface area contributed by atoms with Crippen LogP contribution < -0.4 is 5.32 Å². The van der Waals surface area contributed by atoms with E-state index in [1.165, 1.54) is 29.5 Å². The molecule has 1 aliphatic rings. The molecule has 0 spiro atoms. The fourth-order valence-electron chi connectivity index (χ4n) is 3.23. The number of rotatable bonds is 6. The average molecular weight is 279 g/mol. The SMILES string of the molecule is CCNC(c1ccc(-c2ccccc2)cc1)C(C)C1CC1. The van der Waals surface area contributed by atoms with Crippen LogP contribution in [-0.2, 0) is 0 Å². The first-order valence-corrected chi connectivity index (χ1v) is 8.18. The van der Waals surface area contributed by atoms with Gasteiger partial charge < -0.3 is 5.32 Å². The van der Waals surface area contributed by atoms with Gasteiger partial charge in [-0.25, -0.2) is 0 Å². The van der Waals surface area contributed by atoms with E-state index in [0.717, 1.165) is 18.4 Å². The molecule has 21 heavy (non-hydrogen) atoms. The van der Waals surface area contributed by atoms with Crippen molar-refractivity contribution in [1.29, 1.82) is 0 Å². The van der Waals surface area contributed by atoms with Crippen LogP contribution in [0.3, 0.4) is 0 Å². The van der Waals surface area contributed by atoms with Gasteiger partial charge in [-0.3, -0.25) is 0 Å². The van der Waals surface area contributed by atoms with Gasteiger partial charge in [0, 0.05) is 6.04 Å². The standard InChI is InChI=1S/C20H25N/c1-3-21-20(15(2)16-9-10-16)19-13-11-18(12-14-19)17-7-5-4-6-8-17/h4-8,11-16,20-21H,3,9-10H2,1-2H3. The summed E-state index contributed by atoms with van der Waals surface area (Å²) in [7, 11) is 0. The zero-order valence-corrected chi connectivity index (χ0v) is 13.0. The van der Waals surface area contributed by atoms with Crippen LogP contribution in [-0.4, -0.2) is 6.54 Å². The van der Waals surface area contributed by atoms with Gasteiger partial charge in [0.2, 0.25) is 0 Å². The minimum atomic E-state index is 0.493. The first kappa shape index (κ1) is 14.3. The van der Waals surface area contributed by atoms with E-state index < -0.39 is 0 Å². The molecule has 0 aromatic heterocycles. The largest absolute Gasteiger partial charge is 0.310 e. The van der Waals surface area contributed by atoms with Gasteiger partial charge in [-0.15, -0.1) is 0 Å². The Balaban J connectivity index is 1.81. The summed E-state index contributed by atoms with van der Waals surface area (Å²) in [6, 6.07) is 20.2. The van der Waals surface area contributed by atoms with Crippen molar-refractivity contribution < 1.29 is 0 Å². The summed E-state index contributed by atoms with van der Waals surface area (Å²) in [6.07, 6.45) is 2.82. The van der Waals surface area contributed by atoms with Crippen molar-refractivity contribution in [1.82, 2.24) is 5.32 Å². The molecule has 0 radical (unpaired) electrons. The molecule has 0 aliphatic heterocycles. The Labute approximate surface area is 128 Å². The summed E-state index contributed by atoms with van der Waals surface area (Å²) >= 11 is 0. The molecule has 0 amide bonds. The lowest BCUT2D eigenvalue weighted by Gasteiger charge is -2.25. The smallest absolute Gasteiger partial charge is 0.0348 e. The van der Waals surface area contributed by atoms with Crippen molar-refractivity contribution in [2.75, 3.05) is 6.54 Å². The van der Waals surface area contributed by atoms with Gasteiger partial charge in [-0.1, -0.05) is 68.4 Å². The maximum absolute atomic E-state index is 3.68. The first-order valence-electron chi connectivity index (χ1n) is 8.18. The first-order chi connectivity index (χ1) is 10.3. The monoisotopic (exact) mass is 279 g/mol. The third-order valence-corrected chi connectivity index (χ3v) is 4.69. The molecular formula is C20H25N. The normalized spacial score (nSPS) is 17.4. The predicted molar refractivity (Wildman–Crippen MR) is 90.2 cm³/mol. The van der Waals surface area contributed by atoms with Crippen molar-refractivity contribution >= 4 is 0 Å². The maximum Gasteiger partial charge on any atom is 0.0348 e. The molecule has 1 N–H and O–H groups in total. The van der Waals surface area contributed by atoms with Crippen LogP contribution in [0.2, 0.25) is 0 Å². The van der Waals surface area contributed by atoms with Gasteiger partial charge in [0.15, 0.2) is 0 Å². The van der Waals surface area contributed by atoms with Gasteiger partial charge in [-0.2, -0.15) is 0 Å². The lowest BCUT2D eigenvalue weighted by atomic mass is 9.89. The van der Waals surface area contributed by atoms with Gasteiger partial charge in [0.25, 0.3) is 0 Å². The summed E-state index contributed by atoms with van der Waals surface area (Å²) in [5, 5.41) is 3.68. The van der Waals surface area contributed by atoms with E-state index in [9.17, 15) is 0 Å². The number of nitrogens with one attached hydrogen (secondary N) is 1. The quantitative estimate of drug-likeness (QED) is 0.780. The van der Waals surface area contributed by atoms with Crippen LogP contribution in [0, 0.1) is 11.8 Å². The van der Waals surface area contributed by atoms with E-state index >= 15 is 0 Å². The van der Waals surface area contributed by atoms with Crippen molar-refractivity contribution in [2.45, 2.75) is 32.7 Å². The Morgan fingerprint density at radius 1 is 0.952 bits per heavy atom. The average Bonchev–Trinajstić information content (AvgIpc) is 3.38. The third-order valence-electron chi connectivity index (χ3n) is 4.69. The summed E-state index contributed by atoms with van der Waals surface area (Å²) in [6.45, 7) is 5.63. The second kappa shape index (κ2) is 6.44. The van der Waals surface area contributed by atoms with Crippen LogP contribution in [0.1, 0.15) is 38.3 Å². The molecule has 2 aromatic carbocycles. The Morgan fingerprint density at radius 3 is 2.14 bits per heavy atom. The van der Waals surface area contributed by atoms with Gasteiger partial charge in [0.05, 0.1) is 0 Å². The topological polar surface area (TPSA) is 12.0 Å². The Hall–Kier alpha value is -1.60. The highest BCUT2D eigenvalue weighted by Gasteiger charge is 2.33. The number of hydrogen-bond acceptors (Lipinski definition) is 1. The van der Waals surface area contributed by atoms with Gasteiger partial charge in [0.1, 0.15) is 0 Å². The molecular weight excluding hydrogens is 254 g/mol. The number of hydrogen-bond donors (Lipinski definition) is 1. The molecule has 1 heteroatoms. The summed E-state index contributed by atoms with van der Waals surface area (Å²) in [5.41, 5.74) is 4.02. The molecule has 110 valence electrons. The molecule has 0 heterocycles. The summed E-state index contributed by atoms with van der Waals surface area (Å²) in [5.74, 6) is 1.65. The second-order valence-corrected chi connectivity index (χ2v) is 6.22. The molecule has 1 fully saturated rings. The van der Waals surface area contributed by atoms with E-state index in [4.69, 9.17) is 0 Å². The number of benzene rings is 2. The van der Waals surface area contributed by atoms with Crippen LogP contribution in [0.5, 0.6) is 0 Å². The highest BCUT2D eigenvalue weighted by molar-refractivity contribution is 5.63. The molecule has 1 nitrogen and oxygen atoms in total. The van der Waals surface area contributed by atoms with Crippen molar-refractivity contribution in [3.63, 3.8) is 0 Å². The van der Waals surface area contributed by atoms with E-state index in [-0.39, 0.29) is 0 Å². The maximum atomic E-state index is 3.68. The molecule has 1 aliphatic carbocycles. The van der Waals surface area contributed by atoms with E-state index in [1.54, 1.807) is 0 Å². The fourth-order valence-corrected chi connectivity index (χ4v) is 3.23. The van der Waals surface area contributed by atoms with E-state index in [0.29, 0.717) is 6.04 Å². The Kier molecular flexibility index (Phi) is 4.40. The Morgan fingerprint density at radius 2 is 1.57 bits per heavy atom. The highest BCUT2D eigenvalue weighted by Crippen LogP contribution is 2.42. The lowest BCUT2D eigenvalue weighted by Crippen LogP contribution is -2.27. The molecule has 0 saturated heterocycles. The van der Waals surface area contributed by atoms with Crippen molar-refractivity contribution in [2.24, 2.45) is 11.8 Å². The van der Waals surface area contributed by atoms with Crippen LogP contribution >= 0.6 is 0 Å². The molecule has 1 saturated carbocycles. The molecule has 2 unspecified atom stereocenters. The molecule has 0 bridgehead atoms. The van der Waals surface area contributed by atoms with Gasteiger partial charge >= 0.3 is 0 Å². The van der Waals surface area contributed by atoms with Crippen LogP contribution in [0.4, 0.5) is 0 Å². The van der Waals surface area contributed by atoms with Crippen LogP contribution in [0.15, 0.2) is 54.6 Å². The van der Waals surface area contributed by atoms with Crippen molar-refractivity contribution in [3.8, 4) is 11.1 Å². The summed E-state index contributed by atoms with van der Waals surface area (Å²) in [4.78, 5) is 0. The van der Waals surface area contributed by atoms with E-state index in [1.807, 2.05) is 0 Å². The second-order valence-electron chi connectivity index (χ2n) is 6.22. The van der Waals surface area contributed by atoms with Crippen molar-refractivity contribution in [3.05, 3.63) is 60.2 Å². The highest BCUT2D eigenvalue weighted by atomic mass is 14.9. The van der Waals surface area contributed by atoms with Gasteiger partial charge in [-0.05, 0) is 47.9 Å². The lowest BCUT2D eigenvalue weighted by molar-refractivity contribution is 0.355. The molecule has 3 rings (SSSR count).